The Kier molecular flexibility index (Phi) is 14.6. The summed E-state index contributed by atoms with van der Waals surface area (Å²) in [5.41, 5.74) is 4.61. The minimum atomic E-state index is -1.11. The third kappa shape index (κ3) is 10.9. The van der Waals surface area contributed by atoms with E-state index < -0.39 is 54.1 Å². The van der Waals surface area contributed by atoms with E-state index in [0.717, 1.165) is 16.8 Å². The van der Waals surface area contributed by atoms with Crippen molar-refractivity contribution in [3.63, 3.8) is 0 Å². The van der Waals surface area contributed by atoms with Crippen LogP contribution in [0.15, 0.2) is 109 Å². The molecule has 2 saturated heterocycles. The van der Waals surface area contributed by atoms with Crippen molar-refractivity contribution in [2.24, 2.45) is 0 Å². The number of anilines is 2. The fourth-order valence-corrected chi connectivity index (χ4v) is 6.59. The molecular formula is C43H44N6O10. The van der Waals surface area contributed by atoms with Gasteiger partial charge in [-0.25, -0.2) is 9.59 Å². The van der Waals surface area contributed by atoms with Crippen LogP contribution in [-0.2, 0) is 38.2 Å². The van der Waals surface area contributed by atoms with Gasteiger partial charge in [0, 0.05) is 31.3 Å². The summed E-state index contributed by atoms with van der Waals surface area (Å²) in [6.07, 6.45) is -1.09. The number of hydrogen-bond donors (Lipinski definition) is 4. The second kappa shape index (κ2) is 20.2. The van der Waals surface area contributed by atoms with Gasteiger partial charge in [0.25, 0.3) is 11.8 Å². The number of likely N-dealkylation sites (tertiary alicyclic amines) is 2. The average Bonchev–Trinajstić information content (AvgIpc) is 3.87. The smallest absolute Gasteiger partial charge is 0.407 e. The predicted molar refractivity (Wildman–Crippen MR) is 216 cm³/mol. The summed E-state index contributed by atoms with van der Waals surface area (Å²) >= 11 is 0. The van der Waals surface area contributed by atoms with Crippen molar-refractivity contribution in [3.8, 4) is 11.1 Å². The molecule has 4 atom stereocenters. The predicted octanol–water partition coefficient (Wildman–Crippen LogP) is 4.05. The number of carbonyl (C=O) groups excluding carboxylic acids is 8. The summed E-state index contributed by atoms with van der Waals surface area (Å²) < 4.78 is 9.20. The molecule has 16 nitrogen and oxygen atoms in total. The largest absolute Gasteiger partial charge is 0.453 e. The lowest BCUT2D eigenvalue weighted by molar-refractivity contribution is -0.138. The molecule has 5 amide bonds. The van der Waals surface area contributed by atoms with Crippen LogP contribution in [0.5, 0.6) is 0 Å². The highest BCUT2D eigenvalue weighted by Gasteiger charge is 2.42. The average molecular weight is 805 g/mol. The molecule has 4 aromatic rings. The van der Waals surface area contributed by atoms with Crippen molar-refractivity contribution in [2.75, 3.05) is 45.0 Å². The van der Waals surface area contributed by atoms with Gasteiger partial charge in [-0.15, -0.1) is 0 Å². The second-order valence-corrected chi connectivity index (χ2v) is 13.5. The highest BCUT2D eigenvalue weighted by Crippen LogP contribution is 2.26. The fraction of sp³-hybridized carbons (Fsp3) is 0.256. The Bertz CT molecular complexity index is 2150. The number of methoxy groups -OCH3 is 2. The third-order valence-electron chi connectivity index (χ3n) is 9.67. The molecule has 2 heterocycles. The Balaban J connectivity index is 0.000000256. The van der Waals surface area contributed by atoms with Gasteiger partial charge < -0.3 is 45.3 Å². The lowest BCUT2D eigenvalue weighted by Crippen LogP contribution is -2.48. The van der Waals surface area contributed by atoms with Gasteiger partial charge in [-0.3, -0.25) is 24.0 Å². The van der Waals surface area contributed by atoms with Crippen LogP contribution in [0.25, 0.3) is 11.1 Å². The number of benzene rings is 4. The quantitative estimate of drug-likeness (QED) is 0.159. The molecule has 0 radical (unpaired) electrons. The summed E-state index contributed by atoms with van der Waals surface area (Å²) in [4.78, 5) is 100.0. The monoisotopic (exact) mass is 804 g/mol. The number of amides is 5. The Hall–Kier alpha value is -7.36. The molecule has 0 spiro atoms. The molecule has 2 aliphatic heterocycles. The van der Waals surface area contributed by atoms with E-state index in [-0.39, 0.29) is 37.5 Å². The van der Waals surface area contributed by atoms with Crippen molar-refractivity contribution in [1.29, 1.82) is 0 Å². The first-order valence-corrected chi connectivity index (χ1v) is 18.5. The molecule has 6 rings (SSSR count). The lowest BCUT2D eigenvalue weighted by atomic mass is 10.0. The SMILES string of the molecule is CNc1ccc(-c2ccc(NC(=O)C3CC(=O)CN3C(=O)C(NC(=O)OC)c3ccccc3)cc2)cc1.COC(=O)NC(C(=O)N1CC(=O)CC1C=O)c1ccccc1. The Morgan fingerprint density at radius 3 is 1.53 bits per heavy atom. The normalized spacial score (nSPS) is 16.7. The van der Waals surface area contributed by atoms with Crippen LogP contribution >= 0.6 is 0 Å². The van der Waals surface area contributed by atoms with Crippen LogP contribution < -0.4 is 21.3 Å². The molecule has 59 heavy (non-hydrogen) atoms. The first-order valence-electron chi connectivity index (χ1n) is 18.5. The number of nitrogens with one attached hydrogen (secondary N) is 4. The summed E-state index contributed by atoms with van der Waals surface area (Å²) in [6.45, 7) is -0.348. The number of aldehydes is 1. The van der Waals surface area contributed by atoms with E-state index in [2.05, 4.69) is 30.7 Å². The highest BCUT2D eigenvalue weighted by molar-refractivity contribution is 6.05. The molecule has 2 aliphatic rings. The molecule has 4 unspecified atom stereocenters. The number of nitrogens with zero attached hydrogens (tertiary/aromatic N) is 2. The summed E-state index contributed by atoms with van der Waals surface area (Å²) in [5, 5.41) is 10.8. The van der Waals surface area contributed by atoms with Gasteiger partial charge in [-0.1, -0.05) is 84.9 Å². The topological polar surface area (TPSA) is 210 Å². The molecule has 2 fully saturated rings. The van der Waals surface area contributed by atoms with Crippen LogP contribution in [0, 0.1) is 0 Å². The molecule has 4 N–H and O–H groups in total. The Labute approximate surface area is 340 Å². The van der Waals surface area contributed by atoms with Gasteiger partial charge >= 0.3 is 12.2 Å². The molecule has 4 aromatic carbocycles. The van der Waals surface area contributed by atoms with E-state index in [4.69, 9.17) is 0 Å². The van der Waals surface area contributed by atoms with E-state index in [9.17, 15) is 38.4 Å². The molecular weight excluding hydrogens is 761 g/mol. The minimum Gasteiger partial charge on any atom is -0.453 e. The third-order valence-corrected chi connectivity index (χ3v) is 9.67. The van der Waals surface area contributed by atoms with E-state index in [1.165, 1.54) is 24.0 Å². The minimum absolute atomic E-state index is 0.00890. The number of rotatable bonds is 11. The van der Waals surface area contributed by atoms with E-state index in [0.29, 0.717) is 23.1 Å². The zero-order valence-corrected chi connectivity index (χ0v) is 32.6. The molecule has 0 aliphatic carbocycles. The van der Waals surface area contributed by atoms with Gasteiger partial charge in [0.1, 0.15) is 24.4 Å². The van der Waals surface area contributed by atoms with Gasteiger partial charge in [-0.05, 0) is 46.5 Å². The second-order valence-electron chi connectivity index (χ2n) is 13.5. The molecule has 0 saturated carbocycles. The van der Waals surface area contributed by atoms with Gasteiger partial charge in [0.2, 0.25) is 5.91 Å². The maximum Gasteiger partial charge on any atom is 0.407 e. The van der Waals surface area contributed by atoms with Crippen LogP contribution in [-0.4, -0.2) is 104 Å². The molecule has 306 valence electrons. The van der Waals surface area contributed by atoms with Crippen LogP contribution in [0.4, 0.5) is 21.0 Å². The van der Waals surface area contributed by atoms with Gasteiger partial charge in [-0.2, -0.15) is 0 Å². The van der Waals surface area contributed by atoms with Crippen molar-refractivity contribution < 1.29 is 47.8 Å². The van der Waals surface area contributed by atoms with Gasteiger partial charge in [0.15, 0.2) is 11.6 Å². The van der Waals surface area contributed by atoms with E-state index >= 15 is 0 Å². The van der Waals surface area contributed by atoms with Gasteiger partial charge in [0.05, 0.1) is 33.4 Å². The zero-order chi connectivity index (χ0) is 42.5. The number of hydrogen-bond acceptors (Lipinski definition) is 11. The van der Waals surface area contributed by atoms with Crippen molar-refractivity contribution >= 4 is 59.1 Å². The van der Waals surface area contributed by atoms with Crippen molar-refractivity contribution in [1.82, 2.24) is 20.4 Å². The highest BCUT2D eigenvalue weighted by atomic mass is 16.5. The lowest BCUT2D eigenvalue weighted by Gasteiger charge is -2.28. The molecule has 0 aromatic heterocycles. The number of ether oxygens (including phenoxy) is 2. The maximum atomic E-state index is 13.5. The number of ketones is 2. The Morgan fingerprint density at radius 2 is 1.07 bits per heavy atom. The Morgan fingerprint density at radius 1 is 0.627 bits per heavy atom. The van der Waals surface area contributed by atoms with E-state index in [1.54, 1.807) is 72.8 Å². The number of Topliss-reactive ketones (excluding diaryl/α,β-unsaturated/α-hetero) is 2. The van der Waals surface area contributed by atoms with Crippen molar-refractivity contribution in [2.45, 2.75) is 37.0 Å². The maximum absolute atomic E-state index is 13.5. The fourth-order valence-electron chi connectivity index (χ4n) is 6.59. The molecule has 0 bridgehead atoms. The van der Waals surface area contributed by atoms with Crippen LogP contribution in [0.2, 0.25) is 0 Å². The van der Waals surface area contributed by atoms with Crippen LogP contribution in [0.3, 0.4) is 0 Å². The summed E-state index contributed by atoms with van der Waals surface area (Å²) in [7, 11) is 4.24. The standard InChI is InChI=1S/C28H28N4O5.C15H16N2O5/c1-29-21-12-8-18(9-13-21)19-10-14-22(15-11-19)30-26(34)24-16-23(33)17-32(24)27(35)25(31-28(36)37-2)20-6-4-3-5-7-20;1-22-15(21)16-13(10-5-3-2-4-6-10)14(20)17-8-12(19)7-11(17)9-18/h3-15,24-25,29H,16-17H2,1-2H3,(H,30,34)(H,31,36);2-6,9,11,13H,7-8H2,1H3,(H,16,21). The summed E-state index contributed by atoms with van der Waals surface area (Å²) in [6, 6.07) is 28.5. The zero-order valence-electron chi connectivity index (χ0n) is 32.6. The first kappa shape index (κ1) is 42.8. The van der Waals surface area contributed by atoms with Crippen molar-refractivity contribution in [3.05, 3.63) is 120 Å². The molecule has 16 heteroatoms. The number of alkyl carbamates (subject to hydrolysis) is 2. The van der Waals surface area contributed by atoms with E-state index in [1.807, 2.05) is 43.4 Å². The van der Waals surface area contributed by atoms with Crippen LogP contribution in [0.1, 0.15) is 36.1 Å². The first-order chi connectivity index (χ1) is 28.5. The number of carbonyl (C=O) groups is 8. The summed E-state index contributed by atoms with van der Waals surface area (Å²) in [5.74, 6) is -1.98.